The van der Waals surface area contributed by atoms with Gasteiger partial charge in [0.2, 0.25) is 5.91 Å². The Morgan fingerprint density at radius 3 is 3.10 bits per heavy atom. The fourth-order valence-corrected chi connectivity index (χ4v) is 2.93. The second-order valence-corrected chi connectivity index (χ2v) is 5.82. The van der Waals surface area contributed by atoms with Gasteiger partial charge in [0.1, 0.15) is 0 Å². The summed E-state index contributed by atoms with van der Waals surface area (Å²) in [6, 6.07) is 7.22. The van der Waals surface area contributed by atoms with Crippen LogP contribution in [-0.2, 0) is 4.79 Å². The van der Waals surface area contributed by atoms with Crippen molar-refractivity contribution in [2.45, 2.75) is 19.3 Å². The molecule has 0 aliphatic carbocycles. The minimum absolute atomic E-state index is 0.0145. The first-order valence-corrected chi connectivity index (χ1v) is 7.53. The molecule has 0 saturated carbocycles. The van der Waals surface area contributed by atoms with Crippen LogP contribution in [0.15, 0.2) is 24.3 Å². The molecule has 5 heteroatoms. The molecule has 1 aromatic rings. The summed E-state index contributed by atoms with van der Waals surface area (Å²) in [5.74, 6) is 0.647. The molecule has 110 valence electrons. The summed E-state index contributed by atoms with van der Waals surface area (Å²) in [5.41, 5.74) is 6.36. The molecule has 20 heavy (non-hydrogen) atoms. The topological polar surface area (TPSA) is 58.4 Å². The minimum atomic E-state index is 0.0145. The van der Waals surface area contributed by atoms with Crippen LogP contribution in [0.2, 0.25) is 5.02 Å². The van der Waals surface area contributed by atoms with E-state index in [1.54, 1.807) is 12.1 Å². The summed E-state index contributed by atoms with van der Waals surface area (Å²) in [6.45, 7) is 3.13. The van der Waals surface area contributed by atoms with Crippen molar-refractivity contribution in [3.05, 3.63) is 29.3 Å². The molecule has 1 aliphatic heterocycles. The quantitative estimate of drug-likeness (QED) is 0.876. The van der Waals surface area contributed by atoms with Crippen molar-refractivity contribution in [1.82, 2.24) is 4.90 Å². The van der Waals surface area contributed by atoms with Crippen LogP contribution in [0.4, 0.5) is 5.69 Å². The fraction of sp³-hybridized carbons (Fsp3) is 0.533. The van der Waals surface area contributed by atoms with Crippen molar-refractivity contribution in [3.8, 4) is 0 Å². The third kappa shape index (κ3) is 4.78. The van der Waals surface area contributed by atoms with Crippen LogP contribution in [0, 0.1) is 5.92 Å². The standard InChI is InChI=1S/C15H22ClN3O/c16-13-4-1-5-14(9-13)18-15(20)11-19-8-2-3-12(10-19)6-7-17/h1,4-5,9,12H,2-3,6-8,10-11,17H2,(H,18,20). The van der Waals surface area contributed by atoms with E-state index in [9.17, 15) is 4.79 Å². The molecule has 0 spiro atoms. The van der Waals surface area contributed by atoms with E-state index in [0.29, 0.717) is 17.5 Å². The molecule has 0 radical (unpaired) electrons. The Balaban J connectivity index is 1.82. The maximum atomic E-state index is 12.0. The van der Waals surface area contributed by atoms with E-state index in [1.807, 2.05) is 12.1 Å². The highest BCUT2D eigenvalue weighted by molar-refractivity contribution is 6.30. The highest BCUT2D eigenvalue weighted by Gasteiger charge is 2.20. The summed E-state index contributed by atoms with van der Waals surface area (Å²) in [6.07, 6.45) is 3.42. The van der Waals surface area contributed by atoms with Gasteiger partial charge >= 0.3 is 0 Å². The van der Waals surface area contributed by atoms with E-state index in [0.717, 1.165) is 38.2 Å². The number of rotatable bonds is 5. The van der Waals surface area contributed by atoms with Crippen LogP contribution in [0.3, 0.4) is 0 Å². The number of nitrogens with zero attached hydrogens (tertiary/aromatic N) is 1. The molecule has 1 aliphatic rings. The normalized spacial score (nSPS) is 19.8. The third-order valence-electron chi connectivity index (χ3n) is 3.65. The SMILES string of the molecule is NCCC1CCCN(CC(=O)Nc2cccc(Cl)c2)C1. The maximum absolute atomic E-state index is 12.0. The number of carbonyl (C=O) groups excluding carboxylic acids is 1. The number of likely N-dealkylation sites (tertiary alicyclic amines) is 1. The molecule has 1 heterocycles. The van der Waals surface area contributed by atoms with E-state index in [2.05, 4.69) is 10.2 Å². The number of nitrogens with one attached hydrogen (secondary N) is 1. The second kappa shape index (κ2) is 7.62. The smallest absolute Gasteiger partial charge is 0.238 e. The second-order valence-electron chi connectivity index (χ2n) is 5.38. The van der Waals surface area contributed by atoms with Gasteiger partial charge in [0.25, 0.3) is 0 Å². The first kappa shape index (κ1) is 15.3. The Labute approximate surface area is 125 Å². The van der Waals surface area contributed by atoms with Gasteiger partial charge in [-0.25, -0.2) is 0 Å². The zero-order valence-electron chi connectivity index (χ0n) is 11.6. The molecule has 3 N–H and O–H groups in total. The predicted octanol–water partition coefficient (Wildman–Crippen LogP) is 2.34. The number of carbonyl (C=O) groups is 1. The molecule has 1 saturated heterocycles. The average Bonchev–Trinajstić information content (AvgIpc) is 2.39. The van der Waals surface area contributed by atoms with Gasteiger partial charge in [0, 0.05) is 17.3 Å². The van der Waals surface area contributed by atoms with Gasteiger partial charge < -0.3 is 11.1 Å². The highest BCUT2D eigenvalue weighted by atomic mass is 35.5. The number of hydrogen-bond donors (Lipinski definition) is 2. The molecular formula is C15H22ClN3O. The van der Waals surface area contributed by atoms with Crippen molar-refractivity contribution in [3.63, 3.8) is 0 Å². The van der Waals surface area contributed by atoms with Gasteiger partial charge in [-0.3, -0.25) is 9.69 Å². The summed E-state index contributed by atoms with van der Waals surface area (Å²) >= 11 is 5.90. The molecule has 1 aromatic carbocycles. The molecular weight excluding hydrogens is 274 g/mol. The molecule has 0 aromatic heterocycles. The Morgan fingerprint density at radius 2 is 2.35 bits per heavy atom. The Kier molecular flexibility index (Phi) is 5.83. The van der Waals surface area contributed by atoms with Crippen LogP contribution in [0.25, 0.3) is 0 Å². The number of amides is 1. The predicted molar refractivity (Wildman–Crippen MR) is 82.9 cm³/mol. The van der Waals surface area contributed by atoms with Gasteiger partial charge in [-0.15, -0.1) is 0 Å². The van der Waals surface area contributed by atoms with Gasteiger partial charge in [-0.05, 0) is 56.5 Å². The number of piperidine rings is 1. The molecule has 0 bridgehead atoms. The third-order valence-corrected chi connectivity index (χ3v) is 3.89. The monoisotopic (exact) mass is 295 g/mol. The molecule has 1 fully saturated rings. The van der Waals surface area contributed by atoms with Crippen molar-refractivity contribution in [2.24, 2.45) is 11.7 Å². The van der Waals surface area contributed by atoms with Gasteiger partial charge in [-0.1, -0.05) is 17.7 Å². The van der Waals surface area contributed by atoms with Gasteiger partial charge in [0.15, 0.2) is 0 Å². The lowest BCUT2D eigenvalue weighted by Gasteiger charge is -2.32. The van der Waals surface area contributed by atoms with E-state index in [-0.39, 0.29) is 5.91 Å². The van der Waals surface area contributed by atoms with Crippen LogP contribution >= 0.6 is 11.6 Å². The number of anilines is 1. The molecule has 1 amide bonds. The largest absolute Gasteiger partial charge is 0.330 e. The number of halogens is 1. The highest BCUT2D eigenvalue weighted by Crippen LogP contribution is 2.19. The molecule has 2 rings (SSSR count). The average molecular weight is 296 g/mol. The van der Waals surface area contributed by atoms with E-state index in [4.69, 9.17) is 17.3 Å². The Morgan fingerprint density at radius 1 is 1.50 bits per heavy atom. The Bertz CT molecular complexity index is 450. The number of benzene rings is 1. The van der Waals surface area contributed by atoms with Gasteiger partial charge in [-0.2, -0.15) is 0 Å². The molecule has 4 nitrogen and oxygen atoms in total. The van der Waals surface area contributed by atoms with Crippen molar-refractivity contribution >= 4 is 23.2 Å². The number of nitrogens with two attached hydrogens (primary N) is 1. The zero-order chi connectivity index (χ0) is 14.4. The van der Waals surface area contributed by atoms with Gasteiger partial charge in [0.05, 0.1) is 6.54 Å². The first-order chi connectivity index (χ1) is 9.67. The lowest BCUT2D eigenvalue weighted by atomic mass is 9.95. The molecule has 1 atom stereocenters. The summed E-state index contributed by atoms with van der Waals surface area (Å²) < 4.78 is 0. The summed E-state index contributed by atoms with van der Waals surface area (Å²) in [7, 11) is 0. The van der Waals surface area contributed by atoms with E-state index in [1.165, 1.54) is 6.42 Å². The zero-order valence-corrected chi connectivity index (χ0v) is 12.4. The maximum Gasteiger partial charge on any atom is 0.238 e. The van der Waals surface area contributed by atoms with Crippen molar-refractivity contribution in [2.75, 3.05) is 31.5 Å². The fourth-order valence-electron chi connectivity index (χ4n) is 2.74. The van der Waals surface area contributed by atoms with Crippen molar-refractivity contribution in [1.29, 1.82) is 0 Å². The van der Waals surface area contributed by atoms with Crippen LogP contribution in [0.5, 0.6) is 0 Å². The summed E-state index contributed by atoms with van der Waals surface area (Å²) in [4.78, 5) is 14.2. The summed E-state index contributed by atoms with van der Waals surface area (Å²) in [5, 5.41) is 3.52. The van der Waals surface area contributed by atoms with Crippen LogP contribution in [-0.4, -0.2) is 37.0 Å². The first-order valence-electron chi connectivity index (χ1n) is 7.15. The lowest BCUT2D eigenvalue weighted by molar-refractivity contribution is -0.117. The Hall–Kier alpha value is -1.10. The van der Waals surface area contributed by atoms with E-state index < -0.39 is 0 Å². The minimum Gasteiger partial charge on any atom is -0.330 e. The molecule has 1 unspecified atom stereocenters. The van der Waals surface area contributed by atoms with Crippen LogP contribution < -0.4 is 11.1 Å². The van der Waals surface area contributed by atoms with Crippen LogP contribution in [0.1, 0.15) is 19.3 Å². The van der Waals surface area contributed by atoms with Crippen molar-refractivity contribution < 1.29 is 4.79 Å². The lowest BCUT2D eigenvalue weighted by Crippen LogP contribution is -2.40. The number of hydrogen-bond acceptors (Lipinski definition) is 3. The van der Waals surface area contributed by atoms with E-state index >= 15 is 0 Å².